The Hall–Kier alpha value is -1.42. The second-order valence-corrected chi connectivity index (χ2v) is 3.55. The molecule has 82 valence electrons. The first-order chi connectivity index (χ1) is 7.24. The van der Waals surface area contributed by atoms with Crippen molar-refractivity contribution >= 4 is 5.91 Å². The number of nitrogens with one attached hydrogen (secondary N) is 1. The highest BCUT2D eigenvalue weighted by Gasteiger charge is 2.10. The van der Waals surface area contributed by atoms with Crippen molar-refractivity contribution in [2.45, 2.75) is 19.9 Å². The molecule has 1 atom stereocenters. The number of hydrogen-bond acceptors (Lipinski definition) is 3. The van der Waals surface area contributed by atoms with Gasteiger partial charge in [0, 0.05) is 24.9 Å². The minimum absolute atomic E-state index is 0.0168. The molecule has 0 fully saturated rings. The van der Waals surface area contributed by atoms with E-state index in [-0.39, 0.29) is 11.8 Å². The summed E-state index contributed by atoms with van der Waals surface area (Å²) in [6.45, 7) is 2.98. The SMILES string of the molecule is CC(CCN)C(=O)NCc1ccncc1. The van der Waals surface area contributed by atoms with E-state index < -0.39 is 0 Å². The van der Waals surface area contributed by atoms with Crippen molar-refractivity contribution in [2.24, 2.45) is 11.7 Å². The molecule has 1 aromatic heterocycles. The number of carbonyl (C=O) groups excluding carboxylic acids is 1. The van der Waals surface area contributed by atoms with Crippen LogP contribution in [0.3, 0.4) is 0 Å². The van der Waals surface area contributed by atoms with Crippen LogP contribution < -0.4 is 11.1 Å². The van der Waals surface area contributed by atoms with Gasteiger partial charge < -0.3 is 11.1 Å². The Bertz CT molecular complexity index is 300. The number of rotatable bonds is 5. The van der Waals surface area contributed by atoms with Crippen LogP contribution in [0, 0.1) is 5.92 Å². The van der Waals surface area contributed by atoms with E-state index >= 15 is 0 Å². The molecule has 0 bridgehead atoms. The van der Waals surface area contributed by atoms with Crippen LogP contribution in [0.15, 0.2) is 24.5 Å². The maximum atomic E-state index is 11.5. The molecule has 1 aromatic rings. The molecule has 1 unspecified atom stereocenters. The van der Waals surface area contributed by atoms with Crippen molar-refractivity contribution in [3.63, 3.8) is 0 Å². The first kappa shape index (κ1) is 11.7. The van der Waals surface area contributed by atoms with Gasteiger partial charge in [-0.2, -0.15) is 0 Å². The number of nitrogens with zero attached hydrogens (tertiary/aromatic N) is 1. The molecule has 0 aliphatic heterocycles. The van der Waals surface area contributed by atoms with Crippen LogP contribution >= 0.6 is 0 Å². The summed E-state index contributed by atoms with van der Waals surface area (Å²) < 4.78 is 0. The van der Waals surface area contributed by atoms with Gasteiger partial charge in [0.1, 0.15) is 0 Å². The summed E-state index contributed by atoms with van der Waals surface area (Å²) in [5.41, 5.74) is 6.44. The van der Waals surface area contributed by atoms with Crippen LogP contribution in [0.4, 0.5) is 0 Å². The van der Waals surface area contributed by atoms with Crippen molar-refractivity contribution < 1.29 is 4.79 Å². The van der Waals surface area contributed by atoms with Crippen molar-refractivity contribution in [1.82, 2.24) is 10.3 Å². The summed E-state index contributed by atoms with van der Waals surface area (Å²) >= 11 is 0. The monoisotopic (exact) mass is 207 g/mol. The Morgan fingerprint density at radius 2 is 2.20 bits per heavy atom. The van der Waals surface area contributed by atoms with Gasteiger partial charge in [-0.15, -0.1) is 0 Å². The fourth-order valence-electron chi connectivity index (χ4n) is 1.25. The maximum absolute atomic E-state index is 11.5. The lowest BCUT2D eigenvalue weighted by molar-refractivity contribution is -0.124. The molecule has 0 aromatic carbocycles. The molecule has 4 heteroatoms. The summed E-state index contributed by atoms with van der Waals surface area (Å²) in [4.78, 5) is 15.4. The normalized spacial score (nSPS) is 12.1. The van der Waals surface area contributed by atoms with Gasteiger partial charge in [0.2, 0.25) is 5.91 Å². The second kappa shape index (κ2) is 6.14. The lowest BCUT2D eigenvalue weighted by atomic mass is 10.1. The second-order valence-electron chi connectivity index (χ2n) is 3.55. The first-order valence-corrected chi connectivity index (χ1v) is 5.10. The van der Waals surface area contributed by atoms with Crippen LogP contribution in [0.25, 0.3) is 0 Å². The van der Waals surface area contributed by atoms with Crippen LogP contribution in [0.1, 0.15) is 18.9 Å². The highest BCUT2D eigenvalue weighted by atomic mass is 16.1. The van der Waals surface area contributed by atoms with Gasteiger partial charge >= 0.3 is 0 Å². The number of carbonyl (C=O) groups is 1. The highest BCUT2D eigenvalue weighted by molar-refractivity contribution is 5.78. The van der Waals surface area contributed by atoms with E-state index in [0.717, 1.165) is 12.0 Å². The minimum Gasteiger partial charge on any atom is -0.352 e. The molecule has 1 rings (SSSR count). The smallest absolute Gasteiger partial charge is 0.223 e. The van der Waals surface area contributed by atoms with Gasteiger partial charge in [-0.25, -0.2) is 0 Å². The van der Waals surface area contributed by atoms with Crippen molar-refractivity contribution in [2.75, 3.05) is 6.54 Å². The average molecular weight is 207 g/mol. The molecule has 0 spiro atoms. The predicted octanol–water partition coefficient (Wildman–Crippen LogP) is 0.683. The van der Waals surface area contributed by atoms with Gasteiger partial charge in [0.25, 0.3) is 0 Å². The molecule has 0 aliphatic carbocycles. The van der Waals surface area contributed by atoms with Crippen molar-refractivity contribution in [3.05, 3.63) is 30.1 Å². The predicted molar refractivity (Wildman–Crippen MR) is 58.9 cm³/mol. The molecular weight excluding hydrogens is 190 g/mol. The van der Waals surface area contributed by atoms with E-state index in [1.807, 2.05) is 19.1 Å². The zero-order valence-electron chi connectivity index (χ0n) is 8.94. The van der Waals surface area contributed by atoms with E-state index in [9.17, 15) is 4.79 Å². The third-order valence-corrected chi connectivity index (χ3v) is 2.26. The molecule has 0 aliphatic rings. The van der Waals surface area contributed by atoms with Crippen LogP contribution in [0.2, 0.25) is 0 Å². The fraction of sp³-hybridized carbons (Fsp3) is 0.455. The molecule has 0 saturated heterocycles. The summed E-state index contributed by atoms with van der Waals surface area (Å²) in [6, 6.07) is 3.77. The Morgan fingerprint density at radius 1 is 1.53 bits per heavy atom. The first-order valence-electron chi connectivity index (χ1n) is 5.10. The Kier molecular flexibility index (Phi) is 4.77. The zero-order chi connectivity index (χ0) is 11.1. The number of pyridine rings is 1. The topological polar surface area (TPSA) is 68.0 Å². The van der Waals surface area contributed by atoms with Crippen LogP contribution in [-0.2, 0) is 11.3 Å². The fourth-order valence-corrected chi connectivity index (χ4v) is 1.25. The summed E-state index contributed by atoms with van der Waals surface area (Å²) in [5, 5.41) is 2.86. The molecule has 15 heavy (non-hydrogen) atoms. The summed E-state index contributed by atoms with van der Waals surface area (Å²) in [6.07, 6.45) is 4.15. The van der Waals surface area contributed by atoms with E-state index in [4.69, 9.17) is 5.73 Å². The average Bonchev–Trinajstić information content (AvgIpc) is 2.27. The quantitative estimate of drug-likeness (QED) is 0.746. The van der Waals surface area contributed by atoms with Gasteiger partial charge in [0.15, 0.2) is 0 Å². The van der Waals surface area contributed by atoms with E-state index in [0.29, 0.717) is 13.1 Å². The number of amides is 1. The van der Waals surface area contributed by atoms with Crippen molar-refractivity contribution in [3.8, 4) is 0 Å². The van der Waals surface area contributed by atoms with E-state index in [1.165, 1.54) is 0 Å². The number of aromatic nitrogens is 1. The Balaban J connectivity index is 2.34. The molecular formula is C11H17N3O. The summed E-state index contributed by atoms with van der Waals surface area (Å²) in [5.74, 6) is 0.0362. The molecule has 0 radical (unpaired) electrons. The standard InChI is InChI=1S/C11H17N3O/c1-9(2-5-12)11(15)14-8-10-3-6-13-7-4-10/h3-4,6-7,9H,2,5,8,12H2,1H3,(H,14,15). The third kappa shape index (κ3) is 4.08. The van der Waals surface area contributed by atoms with Gasteiger partial charge in [-0.1, -0.05) is 6.92 Å². The molecule has 1 heterocycles. The minimum atomic E-state index is -0.0168. The highest BCUT2D eigenvalue weighted by Crippen LogP contribution is 2.01. The maximum Gasteiger partial charge on any atom is 0.223 e. The van der Waals surface area contributed by atoms with Crippen LogP contribution in [-0.4, -0.2) is 17.4 Å². The molecule has 3 N–H and O–H groups in total. The van der Waals surface area contributed by atoms with E-state index in [2.05, 4.69) is 10.3 Å². The molecule has 0 saturated carbocycles. The Labute approximate surface area is 89.9 Å². The number of hydrogen-bond donors (Lipinski definition) is 2. The van der Waals surface area contributed by atoms with E-state index in [1.54, 1.807) is 12.4 Å². The van der Waals surface area contributed by atoms with Crippen molar-refractivity contribution in [1.29, 1.82) is 0 Å². The Morgan fingerprint density at radius 3 is 2.80 bits per heavy atom. The van der Waals surface area contributed by atoms with Gasteiger partial charge in [-0.05, 0) is 30.7 Å². The van der Waals surface area contributed by atoms with Gasteiger partial charge in [0.05, 0.1) is 0 Å². The van der Waals surface area contributed by atoms with Gasteiger partial charge in [-0.3, -0.25) is 9.78 Å². The molecule has 1 amide bonds. The van der Waals surface area contributed by atoms with Crippen LogP contribution in [0.5, 0.6) is 0 Å². The number of nitrogens with two attached hydrogens (primary N) is 1. The third-order valence-electron chi connectivity index (χ3n) is 2.26. The largest absolute Gasteiger partial charge is 0.352 e. The lowest BCUT2D eigenvalue weighted by Gasteiger charge is -2.10. The zero-order valence-corrected chi connectivity index (χ0v) is 8.94. The summed E-state index contributed by atoms with van der Waals surface area (Å²) in [7, 11) is 0. The lowest BCUT2D eigenvalue weighted by Crippen LogP contribution is -2.29. The molecule has 4 nitrogen and oxygen atoms in total.